The van der Waals surface area contributed by atoms with Crippen molar-refractivity contribution >= 4 is 0 Å². The molecule has 2 atom stereocenters. The lowest BCUT2D eigenvalue weighted by Gasteiger charge is -2.01. The lowest BCUT2D eigenvalue weighted by molar-refractivity contribution is 0.556. The second-order valence-corrected chi connectivity index (χ2v) is 4.56. The average molecular weight is 194 g/mol. The number of pyridine rings is 1. The molecule has 0 spiro atoms. The van der Waals surface area contributed by atoms with Crippen molar-refractivity contribution in [3.63, 3.8) is 0 Å². The maximum atomic E-state index is 12.6. The number of hydrogen-bond donors (Lipinski definition) is 1. The molecule has 3 heteroatoms. The Hall–Kier alpha value is -0.960. The van der Waals surface area contributed by atoms with E-state index in [1.165, 1.54) is 6.07 Å². The molecule has 1 fully saturated rings. The van der Waals surface area contributed by atoms with Crippen LogP contribution in [0.1, 0.15) is 25.3 Å². The van der Waals surface area contributed by atoms with Crippen LogP contribution in [0.15, 0.2) is 18.3 Å². The number of aromatic nitrogens is 1. The van der Waals surface area contributed by atoms with Crippen LogP contribution in [0.5, 0.6) is 0 Å². The van der Waals surface area contributed by atoms with E-state index in [-0.39, 0.29) is 5.41 Å². The zero-order valence-electron chi connectivity index (χ0n) is 8.50. The Labute approximate surface area is 83.3 Å². The van der Waals surface area contributed by atoms with Gasteiger partial charge < -0.3 is 5.73 Å². The van der Waals surface area contributed by atoms with E-state index < -0.39 is 5.95 Å². The van der Waals surface area contributed by atoms with Gasteiger partial charge in [0.1, 0.15) is 0 Å². The predicted octanol–water partition coefficient (Wildman–Crippen LogP) is 1.92. The quantitative estimate of drug-likeness (QED) is 0.730. The Morgan fingerprint density at radius 2 is 2.21 bits per heavy atom. The molecule has 1 aromatic heterocycles. The van der Waals surface area contributed by atoms with Crippen LogP contribution in [0.2, 0.25) is 0 Å². The number of hydrogen-bond acceptors (Lipinski definition) is 2. The first-order chi connectivity index (χ1) is 6.57. The molecule has 0 aromatic carbocycles. The topological polar surface area (TPSA) is 38.9 Å². The molecule has 76 valence electrons. The standard InChI is InChI=1S/C11H15FN2/c1-11(2)8(5-13)10(11)7-3-4-9(12)14-6-7/h3-4,6,8,10H,5,13H2,1-2H3/t8-,10-/m1/s1. The van der Waals surface area contributed by atoms with Crippen LogP contribution in [-0.2, 0) is 0 Å². The van der Waals surface area contributed by atoms with Crippen molar-refractivity contribution in [1.82, 2.24) is 4.98 Å². The van der Waals surface area contributed by atoms with Gasteiger partial charge >= 0.3 is 0 Å². The van der Waals surface area contributed by atoms with E-state index >= 15 is 0 Å². The van der Waals surface area contributed by atoms with Crippen molar-refractivity contribution in [3.05, 3.63) is 29.8 Å². The molecule has 14 heavy (non-hydrogen) atoms. The fourth-order valence-corrected chi connectivity index (χ4v) is 2.42. The van der Waals surface area contributed by atoms with Crippen molar-refractivity contribution in [2.75, 3.05) is 6.54 Å². The second kappa shape index (κ2) is 3.02. The highest BCUT2D eigenvalue weighted by Gasteiger charge is 2.57. The zero-order chi connectivity index (χ0) is 10.3. The third-order valence-corrected chi connectivity index (χ3v) is 3.41. The molecule has 1 aliphatic rings. The van der Waals surface area contributed by atoms with Gasteiger partial charge in [0, 0.05) is 6.20 Å². The largest absolute Gasteiger partial charge is 0.330 e. The number of nitrogens with zero attached hydrogens (tertiary/aromatic N) is 1. The fraction of sp³-hybridized carbons (Fsp3) is 0.545. The van der Waals surface area contributed by atoms with E-state index in [1.807, 2.05) is 6.07 Å². The van der Waals surface area contributed by atoms with Crippen LogP contribution in [0, 0.1) is 17.3 Å². The summed E-state index contributed by atoms with van der Waals surface area (Å²) in [6, 6.07) is 3.22. The molecule has 1 aliphatic carbocycles. The molecule has 0 aliphatic heterocycles. The van der Waals surface area contributed by atoms with Gasteiger partial charge in [0.05, 0.1) is 0 Å². The summed E-state index contributed by atoms with van der Waals surface area (Å²) < 4.78 is 12.6. The third-order valence-electron chi connectivity index (χ3n) is 3.41. The summed E-state index contributed by atoms with van der Waals surface area (Å²) in [5.74, 6) is 0.534. The van der Waals surface area contributed by atoms with Crippen molar-refractivity contribution < 1.29 is 4.39 Å². The van der Waals surface area contributed by atoms with E-state index in [9.17, 15) is 4.39 Å². The summed E-state index contributed by atoms with van der Waals surface area (Å²) in [6.07, 6.45) is 1.62. The molecule has 2 nitrogen and oxygen atoms in total. The molecular formula is C11H15FN2. The van der Waals surface area contributed by atoms with Crippen LogP contribution in [0.4, 0.5) is 4.39 Å². The molecule has 1 aromatic rings. The maximum absolute atomic E-state index is 12.6. The van der Waals surface area contributed by atoms with Gasteiger partial charge in [-0.25, -0.2) is 4.98 Å². The van der Waals surface area contributed by atoms with Crippen molar-refractivity contribution in [1.29, 1.82) is 0 Å². The SMILES string of the molecule is CC1(C)[C@H](CN)[C@H]1c1ccc(F)nc1. The normalized spacial score (nSPS) is 28.9. The van der Waals surface area contributed by atoms with Crippen molar-refractivity contribution in [2.24, 2.45) is 17.1 Å². The Morgan fingerprint density at radius 1 is 1.50 bits per heavy atom. The van der Waals surface area contributed by atoms with Crippen molar-refractivity contribution in [3.8, 4) is 0 Å². The van der Waals surface area contributed by atoms with Crippen LogP contribution in [0.25, 0.3) is 0 Å². The molecular weight excluding hydrogens is 179 g/mol. The summed E-state index contributed by atoms with van der Waals surface area (Å²) in [6.45, 7) is 5.08. The highest BCUT2D eigenvalue weighted by molar-refractivity contribution is 5.29. The monoisotopic (exact) mass is 194 g/mol. The minimum atomic E-state index is -0.420. The highest BCUT2D eigenvalue weighted by Crippen LogP contribution is 2.63. The Balaban J connectivity index is 2.22. The van der Waals surface area contributed by atoms with Gasteiger partial charge in [0.2, 0.25) is 5.95 Å². The van der Waals surface area contributed by atoms with E-state index in [4.69, 9.17) is 5.73 Å². The average Bonchev–Trinajstić information content (AvgIpc) is 2.69. The van der Waals surface area contributed by atoms with Crippen LogP contribution in [0.3, 0.4) is 0 Å². The van der Waals surface area contributed by atoms with E-state index in [1.54, 1.807) is 6.20 Å². The summed E-state index contributed by atoms with van der Waals surface area (Å²) in [5.41, 5.74) is 7.02. The first-order valence-electron chi connectivity index (χ1n) is 4.89. The number of nitrogens with two attached hydrogens (primary N) is 1. The van der Waals surface area contributed by atoms with E-state index in [2.05, 4.69) is 18.8 Å². The Kier molecular flexibility index (Phi) is 2.07. The molecule has 0 bridgehead atoms. The van der Waals surface area contributed by atoms with Gasteiger partial charge in [-0.1, -0.05) is 19.9 Å². The Morgan fingerprint density at radius 3 is 2.64 bits per heavy atom. The van der Waals surface area contributed by atoms with Gasteiger partial charge in [-0.15, -0.1) is 0 Å². The molecule has 2 rings (SSSR count). The summed E-state index contributed by atoms with van der Waals surface area (Å²) in [4.78, 5) is 3.67. The highest BCUT2D eigenvalue weighted by atomic mass is 19.1. The van der Waals surface area contributed by atoms with E-state index in [0.717, 1.165) is 5.56 Å². The first-order valence-corrected chi connectivity index (χ1v) is 4.89. The molecule has 1 saturated carbocycles. The number of rotatable bonds is 2. The molecule has 0 unspecified atom stereocenters. The van der Waals surface area contributed by atoms with Gasteiger partial charge in [-0.2, -0.15) is 4.39 Å². The fourth-order valence-electron chi connectivity index (χ4n) is 2.42. The van der Waals surface area contributed by atoms with Crippen LogP contribution < -0.4 is 5.73 Å². The Bertz CT molecular complexity index is 332. The summed E-state index contributed by atoms with van der Waals surface area (Å²) >= 11 is 0. The lowest BCUT2D eigenvalue weighted by Crippen LogP contribution is -2.05. The van der Waals surface area contributed by atoms with Crippen LogP contribution in [-0.4, -0.2) is 11.5 Å². The summed E-state index contributed by atoms with van der Waals surface area (Å²) in [5, 5.41) is 0. The third kappa shape index (κ3) is 1.32. The molecule has 0 saturated heterocycles. The summed E-state index contributed by atoms with van der Waals surface area (Å²) in [7, 11) is 0. The number of halogens is 1. The van der Waals surface area contributed by atoms with Gasteiger partial charge in [-0.3, -0.25) is 0 Å². The van der Waals surface area contributed by atoms with Gasteiger partial charge in [0.15, 0.2) is 0 Å². The lowest BCUT2D eigenvalue weighted by atomic mass is 10.1. The minimum absolute atomic E-state index is 0.244. The van der Waals surface area contributed by atoms with E-state index in [0.29, 0.717) is 18.4 Å². The van der Waals surface area contributed by atoms with Gasteiger partial charge in [-0.05, 0) is 35.4 Å². The minimum Gasteiger partial charge on any atom is -0.330 e. The molecule has 0 amide bonds. The molecule has 0 radical (unpaired) electrons. The first kappa shape index (κ1) is 9.59. The van der Waals surface area contributed by atoms with Gasteiger partial charge in [0.25, 0.3) is 0 Å². The second-order valence-electron chi connectivity index (χ2n) is 4.56. The zero-order valence-corrected chi connectivity index (χ0v) is 8.50. The molecule has 1 heterocycles. The predicted molar refractivity (Wildman–Crippen MR) is 53.3 cm³/mol. The molecule has 2 N–H and O–H groups in total. The maximum Gasteiger partial charge on any atom is 0.212 e. The smallest absolute Gasteiger partial charge is 0.212 e. The van der Waals surface area contributed by atoms with Crippen molar-refractivity contribution in [2.45, 2.75) is 19.8 Å². The van der Waals surface area contributed by atoms with Crippen LogP contribution >= 0.6 is 0 Å².